The highest BCUT2D eigenvalue weighted by molar-refractivity contribution is 8.04. The normalized spacial score (nSPS) is 16.1. The first-order valence-corrected chi connectivity index (χ1v) is 8.88. The molecule has 5 nitrogen and oxygen atoms in total. The summed E-state index contributed by atoms with van der Waals surface area (Å²) in [5, 5.41) is 3.33. The maximum absolute atomic E-state index is 12.4. The van der Waals surface area contributed by atoms with Gasteiger partial charge in [0.15, 0.2) is 5.78 Å². The highest BCUT2D eigenvalue weighted by Gasteiger charge is 2.29. The molecule has 1 N–H and O–H groups in total. The smallest absolute Gasteiger partial charge is 0.240 e. The Morgan fingerprint density at radius 3 is 2.71 bits per heavy atom. The van der Waals surface area contributed by atoms with Crippen LogP contribution in [0.15, 0.2) is 35.4 Å². The Hall–Kier alpha value is -2.08. The van der Waals surface area contributed by atoms with Gasteiger partial charge in [-0.2, -0.15) is 0 Å². The van der Waals surface area contributed by atoms with Crippen LogP contribution >= 0.6 is 11.8 Å². The lowest BCUT2D eigenvalue weighted by atomic mass is 10.1. The van der Waals surface area contributed by atoms with E-state index < -0.39 is 0 Å². The third-order valence-electron chi connectivity index (χ3n) is 3.58. The minimum Gasteiger partial charge on any atom is -0.354 e. The molecule has 2 rings (SSSR count). The number of aryl methyl sites for hydroxylation is 1. The van der Waals surface area contributed by atoms with Crippen LogP contribution in [0.4, 0.5) is 0 Å². The summed E-state index contributed by atoms with van der Waals surface area (Å²) in [6.07, 6.45) is 1.45. The van der Waals surface area contributed by atoms with E-state index in [0.29, 0.717) is 23.1 Å². The molecule has 1 saturated heterocycles. The lowest BCUT2D eigenvalue weighted by Crippen LogP contribution is -2.38. The highest BCUT2D eigenvalue weighted by Crippen LogP contribution is 2.29. The molecular formula is C18H22N2O3S. The first kappa shape index (κ1) is 18.3. The molecule has 128 valence electrons. The third kappa shape index (κ3) is 4.71. The Bertz CT molecular complexity index is 683. The Morgan fingerprint density at radius 1 is 1.33 bits per heavy atom. The predicted molar refractivity (Wildman–Crippen MR) is 95.6 cm³/mol. The summed E-state index contributed by atoms with van der Waals surface area (Å²) in [4.78, 5) is 37.8. The largest absolute Gasteiger partial charge is 0.354 e. The predicted octanol–water partition coefficient (Wildman–Crippen LogP) is 2.37. The summed E-state index contributed by atoms with van der Waals surface area (Å²) >= 11 is 1.29. The minimum absolute atomic E-state index is 0.0502. The number of allylic oxidation sites excluding steroid dienone is 1. The number of hydrogen-bond acceptors (Lipinski definition) is 4. The van der Waals surface area contributed by atoms with Crippen LogP contribution in [-0.4, -0.2) is 41.3 Å². The molecule has 1 aromatic carbocycles. The molecule has 1 aromatic rings. The molecule has 1 heterocycles. The summed E-state index contributed by atoms with van der Waals surface area (Å²) in [5.41, 5.74) is 1.49. The number of carbonyl (C=O) groups is 3. The Labute approximate surface area is 146 Å². The van der Waals surface area contributed by atoms with Gasteiger partial charge in [0.2, 0.25) is 11.8 Å². The number of ketones is 1. The molecule has 0 atom stereocenters. The SMILES string of the molecule is Cc1ccccc1C(=O)/C=C1\SCC(=O)N1CC(=O)NCC(C)C. The molecule has 24 heavy (non-hydrogen) atoms. The summed E-state index contributed by atoms with van der Waals surface area (Å²) in [6.45, 7) is 6.39. The maximum atomic E-state index is 12.4. The van der Waals surface area contributed by atoms with Gasteiger partial charge in [-0.15, -0.1) is 0 Å². The molecule has 0 radical (unpaired) electrons. The van der Waals surface area contributed by atoms with Crippen LogP contribution < -0.4 is 5.32 Å². The van der Waals surface area contributed by atoms with Gasteiger partial charge in [0.1, 0.15) is 6.54 Å². The molecule has 1 aliphatic heterocycles. The molecule has 0 spiro atoms. The fourth-order valence-corrected chi connectivity index (χ4v) is 3.20. The van der Waals surface area contributed by atoms with Crippen LogP contribution in [0.5, 0.6) is 0 Å². The molecular weight excluding hydrogens is 324 g/mol. The van der Waals surface area contributed by atoms with Crippen molar-refractivity contribution in [1.29, 1.82) is 0 Å². The standard InChI is InChI=1S/C18H22N2O3S/c1-12(2)9-19-16(22)10-20-17(23)11-24-18(20)8-15(21)14-7-5-4-6-13(14)3/h4-8,12H,9-11H2,1-3H3,(H,19,22)/b18-8-. The van der Waals surface area contributed by atoms with E-state index in [0.717, 1.165) is 5.56 Å². The fourth-order valence-electron chi connectivity index (χ4n) is 2.26. The number of nitrogens with one attached hydrogen (secondary N) is 1. The lowest BCUT2D eigenvalue weighted by molar-refractivity contribution is -0.131. The first-order chi connectivity index (χ1) is 11.4. The second-order valence-electron chi connectivity index (χ2n) is 6.13. The number of rotatable bonds is 6. The number of amides is 2. The molecule has 0 aromatic heterocycles. The zero-order chi connectivity index (χ0) is 17.7. The fraction of sp³-hybridized carbons (Fsp3) is 0.389. The maximum Gasteiger partial charge on any atom is 0.240 e. The molecule has 0 bridgehead atoms. The zero-order valence-corrected chi connectivity index (χ0v) is 15.0. The Kier molecular flexibility index (Phi) is 6.20. The van der Waals surface area contributed by atoms with Crippen LogP contribution in [0, 0.1) is 12.8 Å². The van der Waals surface area contributed by atoms with Crippen LogP contribution in [0.3, 0.4) is 0 Å². The van der Waals surface area contributed by atoms with Crippen molar-refractivity contribution in [3.05, 3.63) is 46.5 Å². The number of benzene rings is 1. The van der Waals surface area contributed by atoms with Gasteiger partial charge in [-0.3, -0.25) is 19.3 Å². The van der Waals surface area contributed by atoms with Crippen molar-refractivity contribution in [3.63, 3.8) is 0 Å². The Balaban J connectivity index is 2.10. The lowest BCUT2D eigenvalue weighted by Gasteiger charge is -2.17. The summed E-state index contributed by atoms with van der Waals surface area (Å²) < 4.78 is 0. The van der Waals surface area contributed by atoms with Gasteiger partial charge in [0.25, 0.3) is 0 Å². The first-order valence-electron chi connectivity index (χ1n) is 7.90. The number of carbonyl (C=O) groups excluding carboxylic acids is 3. The monoisotopic (exact) mass is 346 g/mol. The van der Waals surface area contributed by atoms with Crippen molar-refractivity contribution in [2.45, 2.75) is 20.8 Å². The van der Waals surface area contributed by atoms with E-state index in [4.69, 9.17) is 0 Å². The van der Waals surface area contributed by atoms with Crippen LogP contribution in [0.25, 0.3) is 0 Å². The summed E-state index contributed by atoms with van der Waals surface area (Å²) in [5.74, 6) is 0.0788. The molecule has 1 aliphatic rings. The van der Waals surface area contributed by atoms with Crippen LogP contribution in [0.1, 0.15) is 29.8 Å². The number of thioether (sulfide) groups is 1. The number of nitrogens with zero attached hydrogens (tertiary/aromatic N) is 1. The highest BCUT2D eigenvalue weighted by atomic mass is 32.2. The van der Waals surface area contributed by atoms with Crippen LogP contribution in [-0.2, 0) is 9.59 Å². The van der Waals surface area contributed by atoms with Gasteiger partial charge >= 0.3 is 0 Å². The molecule has 2 amide bonds. The molecule has 0 aliphatic carbocycles. The van der Waals surface area contributed by atoms with Crippen molar-refractivity contribution >= 4 is 29.4 Å². The Morgan fingerprint density at radius 2 is 2.04 bits per heavy atom. The van der Waals surface area contributed by atoms with Gasteiger partial charge in [0.05, 0.1) is 10.8 Å². The van der Waals surface area contributed by atoms with Gasteiger partial charge in [-0.1, -0.05) is 49.9 Å². The van der Waals surface area contributed by atoms with Crippen molar-refractivity contribution in [3.8, 4) is 0 Å². The quantitative estimate of drug-likeness (QED) is 0.634. The second kappa shape index (κ2) is 8.15. The van der Waals surface area contributed by atoms with Gasteiger partial charge in [0, 0.05) is 18.2 Å². The minimum atomic E-state index is -0.214. The van der Waals surface area contributed by atoms with E-state index in [2.05, 4.69) is 5.32 Å². The van der Waals surface area contributed by atoms with Gasteiger partial charge in [-0.05, 0) is 18.4 Å². The average Bonchev–Trinajstić information content (AvgIpc) is 2.86. The van der Waals surface area contributed by atoms with Crippen molar-refractivity contribution in [1.82, 2.24) is 10.2 Å². The topological polar surface area (TPSA) is 66.5 Å². The van der Waals surface area contributed by atoms with Gasteiger partial charge in [-0.25, -0.2) is 0 Å². The molecule has 0 saturated carbocycles. The van der Waals surface area contributed by atoms with E-state index in [1.54, 1.807) is 6.07 Å². The molecule has 6 heteroatoms. The van der Waals surface area contributed by atoms with E-state index in [-0.39, 0.29) is 29.9 Å². The zero-order valence-electron chi connectivity index (χ0n) is 14.2. The average molecular weight is 346 g/mol. The third-order valence-corrected chi connectivity index (χ3v) is 4.61. The molecule has 1 fully saturated rings. The summed E-state index contributed by atoms with van der Waals surface area (Å²) in [7, 11) is 0. The van der Waals surface area contributed by atoms with E-state index in [1.165, 1.54) is 22.7 Å². The van der Waals surface area contributed by atoms with Crippen molar-refractivity contribution in [2.75, 3.05) is 18.8 Å². The van der Waals surface area contributed by atoms with Crippen LogP contribution in [0.2, 0.25) is 0 Å². The summed E-state index contributed by atoms with van der Waals surface area (Å²) in [6, 6.07) is 7.31. The van der Waals surface area contributed by atoms with E-state index in [1.807, 2.05) is 39.0 Å². The number of hydrogen-bond donors (Lipinski definition) is 1. The molecule has 0 unspecified atom stereocenters. The van der Waals surface area contributed by atoms with E-state index >= 15 is 0 Å². The van der Waals surface area contributed by atoms with E-state index in [9.17, 15) is 14.4 Å². The second-order valence-corrected chi connectivity index (χ2v) is 7.12. The van der Waals surface area contributed by atoms with Crippen molar-refractivity contribution < 1.29 is 14.4 Å². The van der Waals surface area contributed by atoms with Crippen molar-refractivity contribution in [2.24, 2.45) is 5.92 Å². The van der Waals surface area contributed by atoms with Gasteiger partial charge < -0.3 is 5.32 Å².